The van der Waals surface area contributed by atoms with Crippen LogP contribution in [0.3, 0.4) is 0 Å². The van der Waals surface area contributed by atoms with Crippen molar-refractivity contribution in [2.24, 2.45) is 0 Å². The molecule has 0 bridgehead atoms. The molecule has 0 saturated carbocycles. The highest BCUT2D eigenvalue weighted by atomic mass is 32.2. The smallest absolute Gasteiger partial charge is 0.196 e. The molecule has 0 spiro atoms. The Morgan fingerprint density at radius 2 is 1.64 bits per heavy atom. The maximum Gasteiger partial charge on any atom is 0.196 e. The Morgan fingerprint density at radius 3 is 2.43 bits per heavy atom. The molecule has 0 fully saturated rings. The van der Waals surface area contributed by atoms with Crippen LogP contribution in [0.25, 0.3) is 17.1 Å². The lowest BCUT2D eigenvalue weighted by Gasteiger charge is -2.12. The molecule has 2 heterocycles. The Bertz CT molecular complexity index is 1030. The van der Waals surface area contributed by atoms with Gasteiger partial charge in [-0.05, 0) is 48.4 Å². The third-order valence-corrected chi connectivity index (χ3v) is 5.30. The molecule has 28 heavy (non-hydrogen) atoms. The summed E-state index contributed by atoms with van der Waals surface area (Å²) < 4.78 is 7.64. The molecule has 0 aliphatic rings. The zero-order valence-corrected chi connectivity index (χ0v) is 16.3. The van der Waals surface area contributed by atoms with Crippen LogP contribution < -0.4 is 4.74 Å². The normalized spacial score (nSPS) is 10.8. The standard InChI is InChI=1S/C22H20N4OS/c1-27-20-10-6-5-9-19(20)21-24-25-22(26(21)18-7-3-2-4-8-18)28-16-13-17-11-14-23-15-12-17/h2-12,14-15H,13,16H2,1H3. The van der Waals surface area contributed by atoms with E-state index < -0.39 is 0 Å². The van der Waals surface area contributed by atoms with Crippen LogP contribution in [0.1, 0.15) is 5.56 Å². The van der Waals surface area contributed by atoms with Crippen LogP contribution in [0.2, 0.25) is 0 Å². The highest BCUT2D eigenvalue weighted by Crippen LogP contribution is 2.33. The van der Waals surface area contributed by atoms with E-state index in [4.69, 9.17) is 4.74 Å². The first kappa shape index (κ1) is 18.3. The van der Waals surface area contributed by atoms with Gasteiger partial charge in [-0.25, -0.2) is 0 Å². The second kappa shape index (κ2) is 8.71. The third-order valence-electron chi connectivity index (χ3n) is 4.37. The van der Waals surface area contributed by atoms with E-state index in [1.807, 2.05) is 67.0 Å². The first-order chi connectivity index (χ1) is 13.9. The minimum absolute atomic E-state index is 0.773. The second-order valence-corrected chi connectivity index (χ2v) is 7.19. The monoisotopic (exact) mass is 388 g/mol. The van der Waals surface area contributed by atoms with Crippen molar-refractivity contribution in [2.45, 2.75) is 11.6 Å². The topological polar surface area (TPSA) is 52.8 Å². The number of hydrogen-bond acceptors (Lipinski definition) is 5. The molecule has 0 aliphatic carbocycles. The maximum atomic E-state index is 5.55. The van der Waals surface area contributed by atoms with Gasteiger partial charge in [-0.2, -0.15) is 0 Å². The average Bonchev–Trinajstić information content (AvgIpc) is 3.19. The lowest BCUT2D eigenvalue weighted by atomic mass is 10.2. The minimum Gasteiger partial charge on any atom is -0.496 e. The molecule has 0 amide bonds. The van der Waals surface area contributed by atoms with E-state index in [1.54, 1.807) is 18.9 Å². The Hall–Kier alpha value is -3.12. The molecule has 5 nitrogen and oxygen atoms in total. The molecule has 2 aromatic heterocycles. The maximum absolute atomic E-state index is 5.55. The van der Waals surface area contributed by atoms with Crippen molar-refractivity contribution >= 4 is 11.8 Å². The Kier molecular flexibility index (Phi) is 5.68. The van der Waals surface area contributed by atoms with Gasteiger partial charge in [0.2, 0.25) is 0 Å². The van der Waals surface area contributed by atoms with Crippen LogP contribution in [0.5, 0.6) is 5.75 Å². The minimum atomic E-state index is 0.773. The van der Waals surface area contributed by atoms with Gasteiger partial charge in [0.25, 0.3) is 0 Å². The zero-order valence-electron chi connectivity index (χ0n) is 15.5. The summed E-state index contributed by atoms with van der Waals surface area (Å²) in [4.78, 5) is 4.07. The summed E-state index contributed by atoms with van der Waals surface area (Å²) >= 11 is 1.69. The lowest BCUT2D eigenvalue weighted by molar-refractivity contribution is 0.416. The van der Waals surface area contributed by atoms with Gasteiger partial charge < -0.3 is 4.74 Å². The highest BCUT2D eigenvalue weighted by molar-refractivity contribution is 7.99. The fraction of sp³-hybridized carbons (Fsp3) is 0.136. The molecule has 0 radical (unpaired) electrons. The highest BCUT2D eigenvalue weighted by Gasteiger charge is 2.18. The van der Waals surface area contributed by atoms with E-state index in [9.17, 15) is 0 Å². The van der Waals surface area contributed by atoms with Crippen molar-refractivity contribution in [2.75, 3.05) is 12.9 Å². The number of aromatic nitrogens is 4. The second-order valence-electron chi connectivity index (χ2n) is 6.13. The summed E-state index contributed by atoms with van der Waals surface area (Å²) in [6.07, 6.45) is 4.59. The van der Waals surface area contributed by atoms with Gasteiger partial charge in [0, 0.05) is 23.8 Å². The molecule has 0 atom stereocenters. The summed E-state index contributed by atoms with van der Waals surface area (Å²) in [6, 6.07) is 22.2. The van der Waals surface area contributed by atoms with Crippen LogP contribution in [0.4, 0.5) is 0 Å². The van der Waals surface area contributed by atoms with Gasteiger partial charge >= 0.3 is 0 Å². The van der Waals surface area contributed by atoms with Crippen LogP contribution >= 0.6 is 11.8 Å². The van der Waals surface area contributed by atoms with Gasteiger partial charge in [-0.3, -0.25) is 9.55 Å². The van der Waals surface area contributed by atoms with E-state index in [-0.39, 0.29) is 0 Å². The van der Waals surface area contributed by atoms with Gasteiger partial charge in [0.15, 0.2) is 11.0 Å². The summed E-state index contributed by atoms with van der Waals surface area (Å²) in [5.41, 5.74) is 3.21. The number of rotatable bonds is 7. The number of para-hydroxylation sites is 2. The molecule has 0 aliphatic heterocycles. The molecular formula is C22H20N4OS. The van der Waals surface area contributed by atoms with Gasteiger partial charge in [-0.1, -0.05) is 42.1 Å². The molecule has 4 rings (SSSR count). The molecule has 0 unspecified atom stereocenters. The number of methoxy groups -OCH3 is 1. The van der Waals surface area contributed by atoms with E-state index in [2.05, 4.69) is 31.9 Å². The van der Waals surface area contributed by atoms with Crippen LogP contribution in [-0.2, 0) is 6.42 Å². The van der Waals surface area contributed by atoms with Crippen LogP contribution in [-0.4, -0.2) is 32.6 Å². The molecule has 140 valence electrons. The SMILES string of the molecule is COc1ccccc1-c1nnc(SCCc2ccncc2)n1-c1ccccc1. The van der Waals surface area contributed by atoms with Crippen LogP contribution in [0, 0.1) is 0 Å². The van der Waals surface area contributed by atoms with Gasteiger partial charge in [-0.15, -0.1) is 10.2 Å². The van der Waals surface area contributed by atoms with E-state index in [1.165, 1.54) is 5.56 Å². The number of nitrogens with zero attached hydrogens (tertiary/aromatic N) is 4. The number of thioether (sulfide) groups is 1. The number of aryl methyl sites for hydroxylation is 1. The Labute approximate surface area is 168 Å². The predicted molar refractivity (Wildman–Crippen MR) is 112 cm³/mol. The van der Waals surface area contributed by atoms with Crippen molar-refractivity contribution < 1.29 is 4.74 Å². The van der Waals surface area contributed by atoms with Crippen molar-refractivity contribution in [1.82, 2.24) is 19.7 Å². The molecule has 6 heteroatoms. The molecule has 2 aromatic carbocycles. The Balaban J connectivity index is 1.68. The number of ether oxygens (including phenoxy) is 1. The average molecular weight is 388 g/mol. The quantitative estimate of drug-likeness (QED) is 0.431. The lowest BCUT2D eigenvalue weighted by Crippen LogP contribution is -2.01. The summed E-state index contributed by atoms with van der Waals surface area (Å²) in [7, 11) is 1.67. The van der Waals surface area contributed by atoms with Gasteiger partial charge in [0.05, 0.1) is 12.7 Å². The van der Waals surface area contributed by atoms with Crippen molar-refractivity contribution in [3.05, 3.63) is 84.7 Å². The van der Waals surface area contributed by atoms with Crippen molar-refractivity contribution in [3.8, 4) is 22.8 Å². The summed E-state index contributed by atoms with van der Waals surface area (Å²) in [6.45, 7) is 0. The van der Waals surface area contributed by atoms with Crippen molar-refractivity contribution in [1.29, 1.82) is 0 Å². The van der Waals surface area contributed by atoms with E-state index in [0.717, 1.165) is 40.2 Å². The largest absolute Gasteiger partial charge is 0.496 e. The number of benzene rings is 2. The summed E-state index contributed by atoms with van der Waals surface area (Å²) in [5.74, 6) is 2.46. The molecular weight excluding hydrogens is 368 g/mol. The zero-order chi connectivity index (χ0) is 19.2. The first-order valence-corrected chi connectivity index (χ1v) is 10.0. The third kappa shape index (κ3) is 3.92. The summed E-state index contributed by atoms with van der Waals surface area (Å²) in [5, 5.41) is 9.84. The number of pyridine rings is 1. The van der Waals surface area contributed by atoms with Gasteiger partial charge in [0.1, 0.15) is 5.75 Å². The Morgan fingerprint density at radius 1 is 0.893 bits per heavy atom. The predicted octanol–water partition coefficient (Wildman–Crippen LogP) is 4.67. The fourth-order valence-corrected chi connectivity index (χ4v) is 3.93. The molecule has 0 N–H and O–H groups in total. The fourth-order valence-electron chi connectivity index (χ4n) is 2.99. The first-order valence-electron chi connectivity index (χ1n) is 9.03. The molecule has 4 aromatic rings. The van der Waals surface area contributed by atoms with E-state index >= 15 is 0 Å². The van der Waals surface area contributed by atoms with Crippen molar-refractivity contribution in [3.63, 3.8) is 0 Å². The van der Waals surface area contributed by atoms with E-state index in [0.29, 0.717) is 0 Å². The molecule has 0 saturated heterocycles. The van der Waals surface area contributed by atoms with Crippen LogP contribution in [0.15, 0.2) is 84.3 Å². The number of hydrogen-bond donors (Lipinski definition) is 0.